The largest absolute Gasteiger partial charge is 0.366 e. The van der Waals surface area contributed by atoms with Crippen molar-refractivity contribution in [3.8, 4) is 0 Å². The molecule has 3 nitrogen and oxygen atoms in total. The van der Waals surface area contributed by atoms with Gasteiger partial charge in [-0.05, 0) is 52.8 Å². The minimum absolute atomic E-state index is 0.129. The van der Waals surface area contributed by atoms with E-state index in [1.807, 2.05) is 0 Å². The molecule has 0 aliphatic carbocycles. The van der Waals surface area contributed by atoms with E-state index in [0.717, 1.165) is 19.6 Å². The van der Waals surface area contributed by atoms with Crippen molar-refractivity contribution in [2.24, 2.45) is 0 Å². The summed E-state index contributed by atoms with van der Waals surface area (Å²) in [4.78, 5) is 2.48. The number of morpholine rings is 1. The summed E-state index contributed by atoms with van der Waals surface area (Å²) in [6.45, 7) is 15.9. The van der Waals surface area contributed by atoms with E-state index < -0.39 is 0 Å². The van der Waals surface area contributed by atoms with Crippen LogP contribution in [0.5, 0.6) is 0 Å². The molecule has 1 atom stereocenters. The normalized spacial score (nSPS) is 22.1. The maximum Gasteiger partial charge on any atom is 0.0808 e. The fourth-order valence-corrected chi connectivity index (χ4v) is 3.52. The monoisotopic (exact) mass is 290 g/mol. The van der Waals surface area contributed by atoms with E-state index in [-0.39, 0.29) is 11.2 Å². The first-order valence-electron chi connectivity index (χ1n) is 8.01. The molecule has 0 bridgehead atoms. The standard InChI is InChI=1S/C18H30N2O/c1-7-19-14(2)15-10-8-9-11-16(15)20-12-17(3,4)21-18(5,6)13-20/h8-11,14,19H,7,12-13H2,1-6H3. The van der Waals surface area contributed by atoms with Gasteiger partial charge in [0, 0.05) is 24.8 Å². The Bertz CT molecular complexity index is 466. The van der Waals surface area contributed by atoms with Gasteiger partial charge in [0.2, 0.25) is 0 Å². The average molecular weight is 290 g/mol. The number of hydrogen-bond donors (Lipinski definition) is 1. The summed E-state index contributed by atoms with van der Waals surface area (Å²) in [6.07, 6.45) is 0. The van der Waals surface area contributed by atoms with E-state index in [9.17, 15) is 0 Å². The van der Waals surface area contributed by atoms with Crippen molar-refractivity contribution in [1.82, 2.24) is 5.32 Å². The van der Waals surface area contributed by atoms with Crippen LogP contribution >= 0.6 is 0 Å². The molecule has 1 saturated heterocycles. The highest BCUT2D eigenvalue weighted by Gasteiger charge is 2.38. The Kier molecular flexibility index (Phi) is 4.64. The maximum atomic E-state index is 6.20. The van der Waals surface area contributed by atoms with E-state index in [1.54, 1.807) is 0 Å². The Hall–Kier alpha value is -1.06. The lowest BCUT2D eigenvalue weighted by Crippen LogP contribution is -2.57. The molecule has 0 radical (unpaired) electrons. The van der Waals surface area contributed by atoms with Crippen LogP contribution in [0.2, 0.25) is 0 Å². The summed E-state index contributed by atoms with van der Waals surface area (Å²) in [5, 5.41) is 3.52. The van der Waals surface area contributed by atoms with Gasteiger partial charge in [-0.15, -0.1) is 0 Å². The summed E-state index contributed by atoms with van der Waals surface area (Å²) < 4.78 is 6.20. The van der Waals surface area contributed by atoms with Gasteiger partial charge in [0.15, 0.2) is 0 Å². The Morgan fingerprint density at radius 1 is 1.14 bits per heavy atom. The van der Waals surface area contributed by atoms with Gasteiger partial charge >= 0.3 is 0 Å². The quantitative estimate of drug-likeness (QED) is 0.914. The van der Waals surface area contributed by atoms with Crippen molar-refractivity contribution in [3.63, 3.8) is 0 Å². The number of rotatable bonds is 4. The molecule has 1 unspecified atom stereocenters. The van der Waals surface area contributed by atoms with E-state index in [2.05, 4.69) is 76.0 Å². The molecule has 1 heterocycles. The van der Waals surface area contributed by atoms with E-state index >= 15 is 0 Å². The van der Waals surface area contributed by atoms with Crippen LogP contribution < -0.4 is 10.2 Å². The second kappa shape index (κ2) is 5.98. The molecule has 21 heavy (non-hydrogen) atoms. The fourth-order valence-electron chi connectivity index (χ4n) is 3.52. The van der Waals surface area contributed by atoms with Gasteiger partial charge in [0.05, 0.1) is 11.2 Å². The molecule has 118 valence electrons. The van der Waals surface area contributed by atoms with Crippen molar-refractivity contribution in [3.05, 3.63) is 29.8 Å². The van der Waals surface area contributed by atoms with Gasteiger partial charge in [-0.3, -0.25) is 0 Å². The third-order valence-corrected chi connectivity index (χ3v) is 3.95. The second-order valence-corrected chi connectivity index (χ2v) is 7.32. The summed E-state index contributed by atoms with van der Waals surface area (Å²) in [5.74, 6) is 0. The van der Waals surface area contributed by atoms with Gasteiger partial charge in [0.25, 0.3) is 0 Å². The number of nitrogens with zero attached hydrogens (tertiary/aromatic N) is 1. The summed E-state index contributed by atoms with van der Waals surface area (Å²) in [7, 11) is 0. The molecular formula is C18H30N2O. The number of ether oxygens (including phenoxy) is 1. The average Bonchev–Trinajstić information content (AvgIpc) is 2.35. The summed E-state index contributed by atoms with van der Waals surface area (Å²) in [5.41, 5.74) is 2.44. The minimum Gasteiger partial charge on any atom is -0.366 e. The van der Waals surface area contributed by atoms with Crippen LogP contribution in [0.3, 0.4) is 0 Å². The molecule has 0 amide bonds. The third kappa shape index (κ3) is 3.98. The lowest BCUT2D eigenvalue weighted by atomic mass is 9.96. The van der Waals surface area contributed by atoms with Crippen LogP contribution in [-0.2, 0) is 4.74 Å². The molecule has 0 saturated carbocycles. The maximum absolute atomic E-state index is 6.20. The fraction of sp³-hybridized carbons (Fsp3) is 0.667. The lowest BCUT2D eigenvalue weighted by Gasteiger charge is -2.48. The van der Waals surface area contributed by atoms with Crippen molar-refractivity contribution in [2.45, 2.75) is 58.8 Å². The number of benzene rings is 1. The van der Waals surface area contributed by atoms with Crippen LogP contribution in [0, 0.1) is 0 Å². The third-order valence-electron chi connectivity index (χ3n) is 3.95. The second-order valence-electron chi connectivity index (χ2n) is 7.32. The molecule has 0 spiro atoms. The zero-order valence-corrected chi connectivity index (χ0v) is 14.4. The predicted molar refractivity (Wildman–Crippen MR) is 90.0 cm³/mol. The number of hydrogen-bond acceptors (Lipinski definition) is 3. The molecule has 1 aliphatic heterocycles. The van der Waals surface area contributed by atoms with Crippen LogP contribution in [-0.4, -0.2) is 30.8 Å². The first-order valence-corrected chi connectivity index (χ1v) is 8.01. The highest BCUT2D eigenvalue weighted by molar-refractivity contribution is 5.56. The van der Waals surface area contributed by atoms with Gasteiger partial charge in [0.1, 0.15) is 0 Å². The van der Waals surface area contributed by atoms with Crippen LogP contribution in [0.1, 0.15) is 53.1 Å². The smallest absolute Gasteiger partial charge is 0.0808 e. The van der Waals surface area contributed by atoms with Crippen molar-refractivity contribution in [1.29, 1.82) is 0 Å². The first-order chi connectivity index (χ1) is 9.74. The van der Waals surface area contributed by atoms with Crippen LogP contribution in [0.15, 0.2) is 24.3 Å². The first kappa shape index (κ1) is 16.3. The zero-order valence-electron chi connectivity index (χ0n) is 14.4. The molecule has 2 rings (SSSR count). The number of para-hydroxylation sites is 1. The molecule has 1 aromatic rings. The van der Waals surface area contributed by atoms with Crippen molar-refractivity contribution >= 4 is 5.69 Å². The summed E-state index contributed by atoms with van der Waals surface area (Å²) >= 11 is 0. The molecule has 1 N–H and O–H groups in total. The van der Waals surface area contributed by atoms with Crippen LogP contribution in [0.25, 0.3) is 0 Å². The molecule has 3 heteroatoms. The molecule has 1 aromatic carbocycles. The Morgan fingerprint density at radius 3 is 2.29 bits per heavy atom. The number of anilines is 1. The van der Waals surface area contributed by atoms with E-state index in [4.69, 9.17) is 4.74 Å². The molecule has 0 aromatic heterocycles. The van der Waals surface area contributed by atoms with E-state index in [0.29, 0.717) is 6.04 Å². The SMILES string of the molecule is CCNC(C)c1ccccc1N1CC(C)(C)OC(C)(C)C1. The van der Waals surface area contributed by atoms with Gasteiger partial charge in [-0.2, -0.15) is 0 Å². The Balaban J connectivity index is 2.33. The molecule has 1 aliphatic rings. The van der Waals surface area contributed by atoms with Gasteiger partial charge in [-0.25, -0.2) is 0 Å². The Labute approximate surface area is 129 Å². The highest BCUT2D eigenvalue weighted by Crippen LogP contribution is 2.34. The van der Waals surface area contributed by atoms with Gasteiger partial charge in [-0.1, -0.05) is 25.1 Å². The molecular weight excluding hydrogens is 260 g/mol. The lowest BCUT2D eigenvalue weighted by molar-refractivity contribution is -0.133. The summed E-state index contributed by atoms with van der Waals surface area (Å²) in [6, 6.07) is 9.09. The minimum atomic E-state index is -0.129. The van der Waals surface area contributed by atoms with Gasteiger partial charge < -0.3 is 15.0 Å². The van der Waals surface area contributed by atoms with Crippen molar-refractivity contribution in [2.75, 3.05) is 24.5 Å². The van der Waals surface area contributed by atoms with E-state index in [1.165, 1.54) is 11.3 Å². The van der Waals surface area contributed by atoms with Crippen molar-refractivity contribution < 1.29 is 4.74 Å². The van der Waals surface area contributed by atoms with Crippen LogP contribution in [0.4, 0.5) is 5.69 Å². The predicted octanol–water partition coefficient (Wildman–Crippen LogP) is 3.75. The zero-order chi connectivity index (χ0) is 15.7. The highest BCUT2D eigenvalue weighted by atomic mass is 16.5. The Morgan fingerprint density at radius 2 is 1.71 bits per heavy atom. The molecule has 1 fully saturated rings. The number of nitrogens with one attached hydrogen (secondary N) is 1. The topological polar surface area (TPSA) is 24.5 Å².